The number of rotatable bonds is 8. The summed E-state index contributed by atoms with van der Waals surface area (Å²) in [5.41, 5.74) is 1.82. The fourth-order valence-corrected chi connectivity index (χ4v) is 3.82. The van der Waals surface area contributed by atoms with Gasteiger partial charge in [0.1, 0.15) is 5.75 Å². The predicted octanol–water partition coefficient (Wildman–Crippen LogP) is 4.69. The first-order chi connectivity index (χ1) is 17.5. The van der Waals surface area contributed by atoms with Gasteiger partial charge in [0, 0.05) is 17.8 Å². The molecule has 4 aromatic rings. The van der Waals surface area contributed by atoms with Gasteiger partial charge >= 0.3 is 5.69 Å². The maximum Gasteiger partial charge on any atom is 0.340 e. The molecule has 1 aromatic heterocycles. The minimum atomic E-state index is -0.505. The Morgan fingerprint density at radius 3 is 2.00 bits per heavy atom. The van der Waals surface area contributed by atoms with Crippen LogP contribution in [0.15, 0.2) is 83.8 Å². The standard InChI is InChI=1S/C28H26N2O6/c1-33-22-13-10-19(11-14-22)12-15-26(31)30-23(18-29(28(30)32)21-8-6-5-7-9-21)20-16-24(34-2)27(36-4)25(17-20)35-3/h5-18H,1-4H3. The third-order valence-electron chi connectivity index (χ3n) is 5.64. The van der Waals surface area contributed by atoms with Crippen LogP contribution in [0.2, 0.25) is 0 Å². The van der Waals surface area contributed by atoms with E-state index in [4.69, 9.17) is 18.9 Å². The van der Waals surface area contributed by atoms with Gasteiger partial charge in [-0.1, -0.05) is 30.3 Å². The monoisotopic (exact) mass is 486 g/mol. The second-order valence-corrected chi connectivity index (χ2v) is 7.70. The molecule has 0 aliphatic carbocycles. The van der Waals surface area contributed by atoms with Crippen molar-refractivity contribution in [3.63, 3.8) is 0 Å². The number of methoxy groups -OCH3 is 4. The van der Waals surface area contributed by atoms with Crippen LogP contribution in [0, 0.1) is 0 Å². The molecule has 1 heterocycles. The largest absolute Gasteiger partial charge is 0.497 e. The molecule has 184 valence electrons. The van der Waals surface area contributed by atoms with Gasteiger partial charge in [-0.2, -0.15) is 0 Å². The molecule has 0 aliphatic rings. The van der Waals surface area contributed by atoms with Gasteiger partial charge < -0.3 is 18.9 Å². The van der Waals surface area contributed by atoms with Crippen LogP contribution in [0.1, 0.15) is 10.4 Å². The Morgan fingerprint density at radius 2 is 1.44 bits per heavy atom. The van der Waals surface area contributed by atoms with E-state index in [0.717, 1.165) is 10.1 Å². The molecule has 0 saturated heterocycles. The first-order valence-corrected chi connectivity index (χ1v) is 11.1. The summed E-state index contributed by atoms with van der Waals surface area (Å²) in [7, 11) is 6.11. The van der Waals surface area contributed by atoms with Crippen LogP contribution in [0.4, 0.5) is 0 Å². The number of hydrogen-bond donors (Lipinski definition) is 0. The number of imidazole rings is 1. The van der Waals surface area contributed by atoms with Gasteiger partial charge in [0.25, 0.3) is 5.91 Å². The summed E-state index contributed by atoms with van der Waals surface area (Å²) >= 11 is 0. The third-order valence-corrected chi connectivity index (χ3v) is 5.64. The van der Waals surface area contributed by atoms with Crippen LogP contribution in [0.5, 0.6) is 23.0 Å². The van der Waals surface area contributed by atoms with Crippen molar-refractivity contribution in [2.45, 2.75) is 0 Å². The van der Waals surface area contributed by atoms with Gasteiger partial charge in [-0.15, -0.1) is 0 Å². The molecule has 8 nitrogen and oxygen atoms in total. The number of hydrogen-bond acceptors (Lipinski definition) is 6. The number of carbonyl (C=O) groups is 1. The van der Waals surface area contributed by atoms with E-state index < -0.39 is 11.6 Å². The maximum atomic E-state index is 13.5. The smallest absolute Gasteiger partial charge is 0.340 e. The Hall–Kier alpha value is -4.72. The van der Waals surface area contributed by atoms with E-state index in [1.165, 1.54) is 32.0 Å². The number of benzene rings is 3. The first kappa shape index (κ1) is 24.4. The predicted molar refractivity (Wildman–Crippen MR) is 138 cm³/mol. The Morgan fingerprint density at radius 1 is 0.806 bits per heavy atom. The summed E-state index contributed by atoms with van der Waals surface area (Å²) in [5, 5.41) is 0. The molecule has 0 N–H and O–H groups in total. The Balaban J connectivity index is 1.86. The molecule has 0 aliphatic heterocycles. The summed E-state index contributed by atoms with van der Waals surface area (Å²) < 4.78 is 24.1. The molecule has 36 heavy (non-hydrogen) atoms. The van der Waals surface area contributed by atoms with Crippen LogP contribution in [0.25, 0.3) is 23.0 Å². The zero-order valence-electron chi connectivity index (χ0n) is 20.4. The van der Waals surface area contributed by atoms with Crippen LogP contribution in [-0.2, 0) is 0 Å². The molecule has 3 aromatic carbocycles. The highest BCUT2D eigenvalue weighted by molar-refractivity contribution is 5.96. The van der Waals surface area contributed by atoms with Gasteiger partial charge in [0.15, 0.2) is 11.5 Å². The second kappa shape index (κ2) is 10.7. The number of ether oxygens (including phenoxy) is 4. The average Bonchev–Trinajstić information content (AvgIpc) is 3.28. The van der Waals surface area contributed by atoms with Gasteiger partial charge in [0.05, 0.1) is 39.8 Å². The summed E-state index contributed by atoms with van der Waals surface area (Å²) in [6, 6.07) is 19.7. The topological polar surface area (TPSA) is 80.9 Å². The van der Waals surface area contributed by atoms with Gasteiger partial charge in [-0.05, 0) is 48.0 Å². The molecule has 0 atom stereocenters. The molecule has 8 heteroatoms. The van der Waals surface area contributed by atoms with E-state index in [1.807, 2.05) is 30.3 Å². The van der Waals surface area contributed by atoms with Crippen molar-refractivity contribution < 1.29 is 23.7 Å². The Kier molecular flexibility index (Phi) is 7.25. The highest BCUT2D eigenvalue weighted by atomic mass is 16.5. The Labute approximate surface area is 208 Å². The van der Waals surface area contributed by atoms with Gasteiger partial charge in [-0.3, -0.25) is 9.36 Å². The summed E-state index contributed by atoms with van der Waals surface area (Å²) in [5.74, 6) is 1.42. The quantitative estimate of drug-likeness (QED) is 0.336. The minimum Gasteiger partial charge on any atom is -0.497 e. The van der Waals surface area contributed by atoms with Crippen LogP contribution < -0.4 is 24.6 Å². The summed E-state index contributed by atoms with van der Waals surface area (Å²) in [6.45, 7) is 0. The highest BCUT2D eigenvalue weighted by Gasteiger charge is 2.22. The number of nitrogens with zero attached hydrogens (tertiary/aromatic N) is 2. The third kappa shape index (κ3) is 4.74. The first-order valence-electron chi connectivity index (χ1n) is 11.1. The molecular formula is C28H26N2O6. The SMILES string of the molecule is COc1ccc(C=CC(=O)n2c(-c3cc(OC)c(OC)c(OC)c3)cn(-c3ccccc3)c2=O)cc1. The van der Waals surface area contributed by atoms with E-state index >= 15 is 0 Å². The molecule has 0 unspecified atom stereocenters. The number of aromatic nitrogens is 2. The second-order valence-electron chi connectivity index (χ2n) is 7.70. The Bertz CT molecular complexity index is 1420. The van der Waals surface area contributed by atoms with Crippen molar-refractivity contribution in [2.24, 2.45) is 0 Å². The lowest BCUT2D eigenvalue weighted by molar-refractivity contribution is 0.0967. The maximum absolute atomic E-state index is 13.5. The van der Waals surface area contributed by atoms with Gasteiger partial charge in [-0.25, -0.2) is 9.36 Å². The van der Waals surface area contributed by atoms with E-state index in [2.05, 4.69) is 0 Å². The van der Waals surface area contributed by atoms with Crippen molar-refractivity contribution in [1.29, 1.82) is 0 Å². The van der Waals surface area contributed by atoms with Crippen molar-refractivity contribution >= 4 is 12.0 Å². The van der Waals surface area contributed by atoms with Crippen molar-refractivity contribution in [3.8, 4) is 39.9 Å². The summed E-state index contributed by atoms with van der Waals surface area (Å²) in [6.07, 6.45) is 4.63. The van der Waals surface area contributed by atoms with Crippen LogP contribution >= 0.6 is 0 Å². The van der Waals surface area contributed by atoms with Crippen molar-refractivity contribution in [1.82, 2.24) is 9.13 Å². The number of allylic oxidation sites excluding steroid dienone is 1. The molecule has 0 fully saturated rings. The lowest BCUT2D eigenvalue weighted by atomic mass is 10.1. The van der Waals surface area contributed by atoms with E-state index in [0.29, 0.717) is 39.9 Å². The van der Waals surface area contributed by atoms with Crippen LogP contribution in [-0.4, -0.2) is 43.5 Å². The number of carbonyl (C=O) groups excluding carboxylic acids is 1. The molecule has 0 saturated carbocycles. The van der Waals surface area contributed by atoms with E-state index in [9.17, 15) is 9.59 Å². The van der Waals surface area contributed by atoms with Crippen molar-refractivity contribution in [3.05, 3.63) is 95.1 Å². The normalized spacial score (nSPS) is 10.9. The molecular weight excluding hydrogens is 460 g/mol. The fraction of sp³-hybridized carbons (Fsp3) is 0.143. The molecule has 0 spiro atoms. The van der Waals surface area contributed by atoms with Crippen LogP contribution in [0.3, 0.4) is 0 Å². The fourth-order valence-electron chi connectivity index (χ4n) is 3.82. The zero-order chi connectivity index (χ0) is 25.7. The van der Waals surface area contributed by atoms with E-state index in [-0.39, 0.29) is 0 Å². The van der Waals surface area contributed by atoms with Gasteiger partial charge in [0.2, 0.25) is 5.75 Å². The van der Waals surface area contributed by atoms with E-state index in [1.54, 1.807) is 55.8 Å². The molecule has 4 rings (SSSR count). The average molecular weight is 487 g/mol. The zero-order valence-corrected chi connectivity index (χ0v) is 20.4. The highest BCUT2D eigenvalue weighted by Crippen LogP contribution is 2.41. The lowest BCUT2D eigenvalue weighted by Crippen LogP contribution is -2.27. The van der Waals surface area contributed by atoms with Crippen molar-refractivity contribution in [2.75, 3.05) is 28.4 Å². The number of para-hydroxylation sites is 1. The summed E-state index contributed by atoms with van der Waals surface area (Å²) in [4.78, 5) is 26.9. The molecule has 0 amide bonds. The minimum absolute atomic E-state index is 0.368. The molecule has 0 radical (unpaired) electrons. The lowest BCUT2D eigenvalue weighted by Gasteiger charge is -2.14. The molecule has 0 bridgehead atoms.